The number of anilines is 1. The van der Waals surface area contributed by atoms with Crippen LogP contribution in [0, 0.1) is 10.8 Å². The van der Waals surface area contributed by atoms with E-state index in [-0.39, 0.29) is 16.7 Å². The Kier molecular flexibility index (Phi) is 3.31. The molecule has 1 heterocycles. The van der Waals surface area contributed by atoms with Crippen molar-refractivity contribution in [2.75, 3.05) is 5.32 Å². The standard InChI is InChI=1S/C16H24N2O2/c1-9(2)11-7-10(13(19)20)8-12(17-11)18-14-15(3,4)16(14,5)6/h7-9,14H,1-6H3,(H,17,18)(H,19,20). The summed E-state index contributed by atoms with van der Waals surface area (Å²) in [6.45, 7) is 12.9. The van der Waals surface area contributed by atoms with E-state index in [0.29, 0.717) is 17.4 Å². The first-order valence-corrected chi connectivity index (χ1v) is 7.09. The Labute approximate surface area is 120 Å². The Hall–Kier alpha value is -1.58. The van der Waals surface area contributed by atoms with Crippen LogP contribution in [0.25, 0.3) is 0 Å². The van der Waals surface area contributed by atoms with Gasteiger partial charge in [0.1, 0.15) is 5.82 Å². The van der Waals surface area contributed by atoms with Crippen LogP contribution in [0.5, 0.6) is 0 Å². The van der Waals surface area contributed by atoms with Gasteiger partial charge in [0.05, 0.1) is 5.56 Å². The van der Waals surface area contributed by atoms with Crippen LogP contribution in [0.4, 0.5) is 5.82 Å². The van der Waals surface area contributed by atoms with Gasteiger partial charge in [0.15, 0.2) is 0 Å². The molecule has 20 heavy (non-hydrogen) atoms. The van der Waals surface area contributed by atoms with Gasteiger partial charge in [0, 0.05) is 11.7 Å². The first-order valence-electron chi connectivity index (χ1n) is 7.09. The summed E-state index contributed by atoms with van der Waals surface area (Å²) in [6, 6.07) is 3.59. The van der Waals surface area contributed by atoms with Crippen molar-refractivity contribution >= 4 is 11.8 Å². The highest BCUT2D eigenvalue weighted by atomic mass is 16.4. The first kappa shape index (κ1) is 14.8. The van der Waals surface area contributed by atoms with Gasteiger partial charge in [-0.1, -0.05) is 41.5 Å². The molecule has 0 aromatic carbocycles. The average molecular weight is 276 g/mol. The summed E-state index contributed by atoms with van der Waals surface area (Å²) >= 11 is 0. The second kappa shape index (κ2) is 4.47. The molecule has 0 aliphatic heterocycles. The number of aromatic carboxylic acids is 1. The maximum Gasteiger partial charge on any atom is 0.335 e. The molecule has 1 aliphatic carbocycles. The number of pyridine rings is 1. The molecule has 0 saturated heterocycles. The largest absolute Gasteiger partial charge is 0.478 e. The highest BCUT2D eigenvalue weighted by Crippen LogP contribution is 2.63. The van der Waals surface area contributed by atoms with Gasteiger partial charge in [-0.05, 0) is 28.9 Å². The molecule has 2 rings (SSSR count). The minimum Gasteiger partial charge on any atom is -0.478 e. The molecular formula is C16H24N2O2. The molecule has 2 N–H and O–H groups in total. The van der Waals surface area contributed by atoms with Crippen molar-refractivity contribution in [2.24, 2.45) is 10.8 Å². The highest BCUT2D eigenvalue weighted by Gasteiger charge is 2.65. The van der Waals surface area contributed by atoms with Gasteiger partial charge in [0.25, 0.3) is 0 Å². The van der Waals surface area contributed by atoms with Crippen molar-refractivity contribution < 1.29 is 9.90 Å². The number of hydrogen-bond acceptors (Lipinski definition) is 3. The number of carboxylic acid groups (broad SMARTS) is 1. The molecule has 0 atom stereocenters. The highest BCUT2D eigenvalue weighted by molar-refractivity contribution is 5.88. The quantitative estimate of drug-likeness (QED) is 0.879. The number of carboxylic acids is 1. The molecule has 0 radical (unpaired) electrons. The van der Waals surface area contributed by atoms with Crippen LogP contribution in [-0.4, -0.2) is 22.1 Å². The fourth-order valence-corrected chi connectivity index (χ4v) is 2.75. The molecule has 0 amide bonds. The molecule has 4 nitrogen and oxygen atoms in total. The number of nitrogens with one attached hydrogen (secondary N) is 1. The second-order valence-electron chi connectivity index (χ2n) is 7.15. The van der Waals surface area contributed by atoms with Crippen LogP contribution in [-0.2, 0) is 0 Å². The minimum absolute atomic E-state index is 0.186. The Morgan fingerprint density at radius 2 is 1.80 bits per heavy atom. The lowest BCUT2D eigenvalue weighted by Crippen LogP contribution is -2.13. The first-order chi connectivity index (χ1) is 9.07. The lowest BCUT2D eigenvalue weighted by Gasteiger charge is -2.12. The van der Waals surface area contributed by atoms with Gasteiger partial charge in [0.2, 0.25) is 0 Å². The predicted octanol–water partition coefficient (Wildman–Crippen LogP) is 3.75. The number of aromatic nitrogens is 1. The molecular weight excluding hydrogens is 252 g/mol. The molecule has 1 aromatic heterocycles. The van der Waals surface area contributed by atoms with E-state index in [4.69, 9.17) is 0 Å². The van der Waals surface area contributed by atoms with Crippen molar-refractivity contribution in [1.29, 1.82) is 0 Å². The van der Waals surface area contributed by atoms with Crippen LogP contribution in [0.1, 0.15) is 63.5 Å². The van der Waals surface area contributed by atoms with E-state index in [1.54, 1.807) is 12.1 Å². The lowest BCUT2D eigenvalue weighted by molar-refractivity contribution is 0.0696. The molecule has 1 fully saturated rings. The fourth-order valence-electron chi connectivity index (χ4n) is 2.75. The summed E-state index contributed by atoms with van der Waals surface area (Å²) in [5.74, 6) is -0.0426. The summed E-state index contributed by atoms with van der Waals surface area (Å²) in [5.41, 5.74) is 1.48. The SMILES string of the molecule is CC(C)c1cc(C(=O)O)cc(NC2C(C)(C)C2(C)C)n1. The van der Waals surface area contributed by atoms with E-state index < -0.39 is 5.97 Å². The zero-order chi connectivity index (χ0) is 15.3. The molecule has 1 aliphatic rings. The van der Waals surface area contributed by atoms with E-state index in [2.05, 4.69) is 38.0 Å². The number of carbonyl (C=O) groups is 1. The van der Waals surface area contributed by atoms with Crippen LogP contribution in [0.2, 0.25) is 0 Å². The van der Waals surface area contributed by atoms with Gasteiger partial charge in [-0.25, -0.2) is 9.78 Å². The Morgan fingerprint density at radius 1 is 1.25 bits per heavy atom. The normalized spacial score (nSPS) is 19.9. The van der Waals surface area contributed by atoms with E-state index in [9.17, 15) is 9.90 Å². The van der Waals surface area contributed by atoms with Gasteiger partial charge in [-0.15, -0.1) is 0 Å². The van der Waals surface area contributed by atoms with E-state index >= 15 is 0 Å². The van der Waals surface area contributed by atoms with E-state index in [0.717, 1.165) is 5.69 Å². The lowest BCUT2D eigenvalue weighted by atomic mass is 10.0. The average Bonchev–Trinajstić information content (AvgIpc) is 2.71. The maximum atomic E-state index is 11.2. The Bertz CT molecular complexity index is 533. The zero-order valence-electron chi connectivity index (χ0n) is 13.1. The number of nitrogens with zero attached hydrogens (tertiary/aromatic N) is 1. The Morgan fingerprint density at radius 3 is 2.20 bits per heavy atom. The summed E-state index contributed by atoms with van der Waals surface area (Å²) in [4.78, 5) is 15.8. The molecule has 110 valence electrons. The van der Waals surface area contributed by atoms with Crippen molar-refractivity contribution in [3.8, 4) is 0 Å². The van der Waals surface area contributed by atoms with Crippen molar-refractivity contribution in [3.63, 3.8) is 0 Å². The van der Waals surface area contributed by atoms with Gasteiger partial charge in [-0.2, -0.15) is 0 Å². The zero-order valence-corrected chi connectivity index (χ0v) is 13.1. The topological polar surface area (TPSA) is 62.2 Å². The third-order valence-corrected chi connectivity index (χ3v) is 5.00. The fraction of sp³-hybridized carbons (Fsp3) is 0.625. The summed E-state index contributed by atoms with van der Waals surface area (Å²) in [5, 5.41) is 12.6. The number of hydrogen-bond donors (Lipinski definition) is 2. The smallest absolute Gasteiger partial charge is 0.335 e. The van der Waals surface area contributed by atoms with Crippen molar-refractivity contribution in [3.05, 3.63) is 23.4 Å². The van der Waals surface area contributed by atoms with Crippen LogP contribution < -0.4 is 5.32 Å². The van der Waals surface area contributed by atoms with Gasteiger partial charge >= 0.3 is 5.97 Å². The number of rotatable bonds is 4. The Balaban J connectivity index is 2.31. The van der Waals surface area contributed by atoms with E-state index in [1.165, 1.54) is 0 Å². The molecule has 1 saturated carbocycles. The minimum atomic E-state index is -0.910. The molecule has 0 bridgehead atoms. The van der Waals surface area contributed by atoms with Crippen LogP contribution >= 0.6 is 0 Å². The summed E-state index contributed by atoms with van der Waals surface area (Å²) < 4.78 is 0. The van der Waals surface area contributed by atoms with Crippen molar-refractivity contribution in [2.45, 2.75) is 53.5 Å². The van der Waals surface area contributed by atoms with Crippen LogP contribution in [0.15, 0.2) is 12.1 Å². The molecule has 4 heteroatoms. The third-order valence-electron chi connectivity index (χ3n) is 5.00. The van der Waals surface area contributed by atoms with Gasteiger partial charge < -0.3 is 10.4 Å². The summed E-state index contributed by atoms with van der Waals surface area (Å²) in [7, 11) is 0. The molecule has 1 aromatic rings. The van der Waals surface area contributed by atoms with Gasteiger partial charge in [-0.3, -0.25) is 0 Å². The monoisotopic (exact) mass is 276 g/mol. The van der Waals surface area contributed by atoms with Crippen LogP contribution in [0.3, 0.4) is 0 Å². The maximum absolute atomic E-state index is 11.2. The second-order valence-corrected chi connectivity index (χ2v) is 7.15. The summed E-state index contributed by atoms with van der Waals surface area (Å²) in [6.07, 6.45) is 0. The molecule has 0 spiro atoms. The molecule has 0 unspecified atom stereocenters. The van der Waals surface area contributed by atoms with Crippen molar-refractivity contribution in [1.82, 2.24) is 4.98 Å². The predicted molar refractivity (Wildman–Crippen MR) is 80.3 cm³/mol. The van der Waals surface area contributed by atoms with E-state index in [1.807, 2.05) is 13.8 Å². The third kappa shape index (κ3) is 2.28.